The second kappa shape index (κ2) is 10.7. The molecule has 0 saturated heterocycles. The van der Waals surface area contributed by atoms with Gasteiger partial charge in [0.05, 0.1) is 0 Å². The van der Waals surface area contributed by atoms with Crippen LogP contribution < -0.4 is 0 Å². The maximum Gasteiger partial charge on any atom is 0.355 e. The number of carboxylic acids is 1. The summed E-state index contributed by atoms with van der Waals surface area (Å²) in [7, 11) is 0. The van der Waals surface area contributed by atoms with Crippen molar-refractivity contribution < 1.29 is 9.90 Å². The molecule has 0 radical (unpaired) electrons. The largest absolute Gasteiger partial charge is 0.476 e. The average Bonchev–Trinajstić information content (AvgIpc) is 3.26. The number of hydrogen-bond acceptors (Lipinski definition) is 4. The van der Waals surface area contributed by atoms with Crippen LogP contribution in [0.3, 0.4) is 0 Å². The van der Waals surface area contributed by atoms with Crippen LogP contribution in [0.15, 0.2) is 42.6 Å². The zero-order chi connectivity index (χ0) is 23.2. The first kappa shape index (κ1) is 23.1. The topological polar surface area (TPSA) is 80.9 Å². The van der Waals surface area contributed by atoms with E-state index in [4.69, 9.17) is 10.1 Å². The van der Waals surface area contributed by atoms with Gasteiger partial charge in [0.15, 0.2) is 11.5 Å². The molecule has 1 N–H and O–H groups in total. The second-order valence-corrected chi connectivity index (χ2v) is 9.20. The number of aryl methyl sites for hydroxylation is 2. The molecule has 1 saturated carbocycles. The summed E-state index contributed by atoms with van der Waals surface area (Å²) in [5.74, 6) is 1.89. The second-order valence-electron chi connectivity index (χ2n) is 9.20. The summed E-state index contributed by atoms with van der Waals surface area (Å²) in [4.78, 5) is 20.5. The third kappa shape index (κ3) is 5.49. The molecule has 0 bridgehead atoms. The molecule has 1 unspecified atom stereocenters. The van der Waals surface area contributed by atoms with Gasteiger partial charge >= 0.3 is 5.97 Å². The fourth-order valence-corrected chi connectivity index (χ4v) is 4.92. The lowest BCUT2D eigenvalue weighted by atomic mass is 9.86. The molecular formula is C27H34N4O2. The van der Waals surface area contributed by atoms with Gasteiger partial charge in [0, 0.05) is 30.6 Å². The molecule has 174 valence electrons. The van der Waals surface area contributed by atoms with Crippen LogP contribution in [0.1, 0.15) is 92.4 Å². The lowest BCUT2D eigenvalue weighted by molar-refractivity contribution is 0.0691. The zero-order valence-electron chi connectivity index (χ0n) is 19.7. The number of carbonyl (C=O) groups is 1. The Morgan fingerprint density at radius 2 is 1.91 bits per heavy atom. The summed E-state index contributed by atoms with van der Waals surface area (Å²) in [6.45, 7) is 5.20. The molecule has 0 aliphatic heterocycles. The van der Waals surface area contributed by atoms with Gasteiger partial charge < -0.3 is 5.11 Å². The normalized spacial score (nSPS) is 15.5. The molecule has 0 spiro atoms. The van der Waals surface area contributed by atoms with Gasteiger partial charge in [-0.25, -0.2) is 19.4 Å². The Morgan fingerprint density at radius 3 is 2.61 bits per heavy atom. The van der Waals surface area contributed by atoms with Crippen molar-refractivity contribution in [3.05, 3.63) is 65.5 Å². The van der Waals surface area contributed by atoms with Crippen molar-refractivity contribution in [3.63, 3.8) is 0 Å². The van der Waals surface area contributed by atoms with E-state index in [9.17, 15) is 9.90 Å². The van der Waals surface area contributed by atoms with Crippen LogP contribution in [0.5, 0.6) is 0 Å². The first-order chi connectivity index (χ1) is 16.1. The van der Waals surface area contributed by atoms with Crippen molar-refractivity contribution in [2.45, 2.75) is 77.7 Å². The van der Waals surface area contributed by atoms with Crippen molar-refractivity contribution in [2.24, 2.45) is 5.92 Å². The Kier molecular flexibility index (Phi) is 7.53. The van der Waals surface area contributed by atoms with Gasteiger partial charge in [-0.1, -0.05) is 76.3 Å². The summed E-state index contributed by atoms with van der Waals surface area (Å²) >= 11 is 0. The Labute approximate surface area is 196 Å². The maximum atomic E-state index is 11.5. The zero-order valence-corrected chi connectivity index (χ0v) is 19.7. The summed E-state index contributed by atoms with van der Waals surface area (Å²) in [6, 6.07) is 11.6. The predicted octanol–water partition coefficient (Wildman–Crippen LogP) is 6.11. The SMILES string of the molecule is CCCn1nc(CCC2CCCCC2)nc1C(C)c1ccc(-c2cccnc2C(=O)O)cc1. The van der Waals surface area contributed by atoms with Crippen LogP contribution in [-0.2, 0) is 13.0 Å². The van der Waals surface area contributed by atoms with E-state index in [-0.39, 0.29) is 11.6 Å². The van der Waals surface area contributed by atoms with Gasteiger partial charge in [0.25, 0.3) is 0 Å². The van der Waals surface area contributed by atoms with Crippen molar-refractivity contribution in [3.8, 4) is 11.1 Å². The summed E-state index contributed by atoms with van der Waals surface area (Å²) in [5, 5.41) is 14.3. The number of aromatic nitrogens is 4. The molecule has 6 nitrogen and oxygen atoms in total. The number of aromatic carboxylic acids is 1. The number of benzene rings is 1. The molecule has 0 amide bonds. The minimum absolute atomic E-state index is 0.0728. The van der Waals surface area contributed by atoms with Gasteiger partial charge in [0.2, 0.25) is 0 Å². The molecule has 1 fully saturated rings. The van der Waals surface area contributed by atoms with E-state index in [1.807, 2.05) is 12.1 Å². The van der Waals surface area contributed by atoms with Crippen LogP contribution >= 0.6 is 0 Å². The van der Waals surface area contributed by atoms with Crippen molar-refractivity contribution in [2.75, 3.05) is 0 Å². The Bertz CT molecular complexity index is 1070. The first-order valence-electron chi connectivity index (χ1n) is 12.3. The number of nitrogens with zero attached hydrogens (tertiary/aromatic N) is 4. The molecule has 1 aliphatic carbocycles. The Hall–Kier alpha value is -3.02. The fraction of sp³-hybridized carbons (Fsp3) is 0.481. The molecule has 1 atom stereocenters. The van der Waals surface area contributed by atoms with Crippen LogP contribution in [0.25, 0.3) is 11.1 Å². The van der Waals surface area contributed by atoms with Gasteiger partial charge in [-0.15, -0.1) is 0 Å². The highest BCUT2D eigenvalue weighted by atomic mass is 16.4. The third-order valence-corrected chi connectivity index (χ3v) is 6.80. The van der Waals surface area contributed by atoms with Crippen LogP contribution in [0.2, 0.25) is 0 Å². The average molecular weight is 447 g/mol. The van der Waals surface area contributed by atoms with E-state index in [1.165, 1.54) is 44.7 Å². The molecule has 6 heteroatoms. The van der Waals surface area contributed by atoms with E-state index in [2.05, 4.69) is 35.6 Å². The smallest absolute Gasteiger partial charge is 0.355 e. The number of rotatable bonds is 9. The predicted molar refractivity (Wildman–Crippen MR) is 129 cm³/mol. The molecule has 33 heavy (non-hydrogen) atoms. The van der Waals surface area contributed by atoms with Gasteiger partial charge in [-0.05, 0) is 36.0 Å². The monoisotopic (exact) mass is 446 g/mol. The number of pyridine rings is 1. The Morgan fingerprint density at radius 1 is 1.15 bits per heavy atom. The highest BCUT2D eigenvalue weighted by molar-refractivity contribution is 5.93. The molecule has 2 heterocycles. The van der Waals surface area contributed by atoms with Crippen LogP contribution in [-0.4, -0.2) is 30.8 Å². The highest BCUT2D eigenvalue weighted by Gasteiger charge is 2.20. The van der Waals surface area contributed by atoms with E-state index in [0.29, 0.717) is 5.56 Å². The van der Waals surface area contributed by atoms with E-state index < -0.39 is 5.97 Å². The van der Waals surface area contributed by atoms with Crippen LogP contribution in [0.4, 0.5) is 0 Å². The summed E-state index contributed by atoms with van der Waals surface area (Å²) in [5.41, 5.74) is 2.69. The van der Waals surface area contributed by atoms with Crippen LogP contribution in [0, 0.1) is 5.92 Å². The summed E-state index contributed by atoms with van der Waals surface area (Å²) in [6.07, 6.45) is 11.5. The maximum absolute atomic E-state index is 11.5. The van der Waals surface area contributed by atoms with Crippen molar-refractivity contribution >= 4 is 5.97 Å². The Balaban J connectivity index is 1.52. The molecule has 1 aromatic carbocycles. The third-order valence-electron chi connectivity index (χ3n) is 6.80. The van der Waals surface area contributed by atoms with E-state index in [1.54, 1.807) is 12.1 Å². The van der Waals surface area contributed by atoms with Crippen molar-refractivity contribution in [1.82, 2.24) is 19.7 Å². The molecule has 1 aliphatic rings. The lowest BCUT2D eigenvalue weighted by Crippen LogP contribution is -2.09. The standard InChI is InChI=1S/C27H34N4O2/c1-3-18-31-26(29-24(30-31)16-11-20-8-5-4-6-9-20)19(2)21-12-14-22(15-13-21)23-10-7-17-28-25(23)27(32)33/h7,10,12-15,17,19-20H,3-6,8-9,11,16,18H2,1-2H3,(H,32,33). The molecular weight excluding hydrogens is 412 g/mol. The minimum atomic E-state index is -1.02. The van der Waals surface area contributed by atoms with E-state index >= 15 is 0 Å². The quantitative estimate of drug-likeness (QED) is 0.429. The van der Waals surface area contributed by atoms with E-state index in [0.717, 1.165) is 48.1 Å². The fourth-order valence-electron chi connectivity index (χ4n) is 4.92. The molecule has 3 aromatic rings. The number of hydrogen-bond donors (Lipinski definition) is 1. The van der Waals surface area contributed by atoms with Crippen molar-refractivity contribution in [1.29, 1.82) is 0 Å². The van der Waals surface area contributed by atoms with Gasteiger partial charge in [0.1, 0.15) is 5.82 Å². The molecule has 2 aromatic heterocycles. The summed E-state index contributed by atoms with van der Waals surface area (Å²) < 4.78 is 2.08. The molecule has 4 rings (SSSR count). The number of carboxylic acid groups (broad SMARTS) is 1. The first-order valence-corrected chi connectivity index (χ1v) is 12.3. The highest BCUT2D eigenvalue weighted by Crippen LogP contribution is 2.29. The van der Waals surface area contributed by atoms with Gasteiger partial charge in [-0.3, -0.25) is 0 Å². The lowest BCUT2D eigenvalue weighted by Gasteiger charge is -2.20. The minimum Gasteiger partial charge on any atom is -0.476 e. The van der Waals surface area contributed by atoms with Gasteiger partial charge in [-0.2, -0.15) is 5.10 Å².